The maximum Gasteiger partial charge on any atom is 0.307 e. The van der Waals surface area contributed by atoms with Gasteiger partial charge in [-0.2, -0.15) is 10.2 Å². The lowest BCUT2D eigenvalue weighted by molar-refractivity contribution is -0.385. The SMILES string of the molecule is NC(=S)NN=Cc1cccc(OCn2cc([N+](=O)[O-])cn2)c1. The van der Waals surface area contributed by atoms with Crippen molar-refractivity contribution in [3.05, 3.63) is 52.3 Å². The minimum atomic E-state index is -0.518. The smallest absolute Gasteiger partial charge is 0.307 e. The van der Waals surface area contributed by atoms with E-state index in [4.69, 9.17) is 10.5 Å². The predicted octanol–water partition coefficient (Wildman–Crippen LogP) is 0.995. The first kappa shape index (κ1) is 15.4. The van der Waals surface area contributed by atoms with Crippen LogP contribution in [0.25, 0.3) is 0 Å². The third kappa shape index (κ3) is 4.52. The molecular formula is C12H12N6O3S. The summed E-state index contributed by atoms with van der Waals surface area (Å²) in [6.45, 7) is 0.0551. The van der Waals surface area contributed by atoms with Gasteiger partial charge in [-0.15, -0.1) is 0 Å². The Morgan fingerprint density at radius 3 is 3.14 bits per heavy atom. The number of nitrogens with one attached hydrogen (secondary N) is 1. The van der Waals surface area contributed by atoms with Gasteiger partial charge in [-0.3, -0.25) is 15.5 Å². The molecule has 3 N–H and O–H groups in total. The first-order chi connectivity index (χ1) is 10.5. The molecule has 22 heavy (non-hydrogen) atoms. The van der Waals surface area contributed by atoms with Crippen LogP contribution in [0.15, 0.2) is 41.8 Å². The average molecular weight is 320 g/mol. The number of nitro groups is 1. The van der Waals surface area contributed by atoms with E-state index in [1.807, 2.05) is 6.07 Å². The van der Waals surface area contributed by atoms with E-state index in [1.54, 1.807) is 18.2 Å². The summed E-state index contributed by atoms with van der Waals surface area (Å²) in [5, 5.41) is 18.3. The number of aromatic nitrogens is 2. The number of ether oxygens (including phenoxy) is 1. The summed E-state index contributed by atoms with van der Waals surface area (Å²) in [5.74, 6) is 0.567. The van der Waals surface area contributed by atoms with Crippen molar-refractivity contribution < 1.29 is 9.66 Å². The van der Waals surface area contributed by atoms with Gasteiger partial charge in [0.2, 0.25) is 0 Å². The predicted molar refractivity (Wildman–Crippen MR) is 83.5 cm³/mol. The average Bonchev–Trinajstić information content (AvgIpc) is 2.94. The maximum absolute atomic E-state index is 10.6. The molecule has 1 aromatic heterocycles. The molecule has 0 aliphatic rings. The lowest BCUT2D eigenvalue weighted by Gasteiger charge is -2.06. The second-order valence-electron chi connectivity index (χ2n) is 4.08. The van der Waals surface area contributed by atoms with E-state index in [1.165, 1.54) is 17.1 Å². The molecule has 0 radical (unpaired) electrons. The second-order valence-corrected chi connectivity index (χ2v) is 4.52. The summed E-state index contributed by atoms with van der Waals surface area (Å²) in [5.41, 5.74) is 8.37. The van der Waals surface area contributed by atoms with E-state index in [9.17, 15) is 10.1 Å². The van der Waals surface area contributed by atoms with E-state index in [0.717, 1.165) is 11.8 Å². The molecule has 0 bridgehead atoms. The molecule has 0 aliphatic carbocycles. The van der Waals surface area contributed by atoms with Gasteiger partial charge < -0.3 is 10.5 Å². The number of hydrogen-bond donors (Lipinski definition) is 2. The van der Waals surface area contributed by atoms with Crippen LogP contribution in [-0.2, 0) is 6.73 Å². The maximum atomic E-state index is 10.6. The topological polar surface area (TPSA) is 121 Å². The van der Waals surface area contributed by atoms with Crippen LogP contribution in [0.5, 0.6) is 5.75 Å². The fraction of sp³-hybridized carbons (Fsp3) is 0.0833. The lowest BCUT2D eigenvalue weighted by Crippen LogP contribution is -2.23. The Morgan fingerprint density at radius 2 is 2.45 bits per heavy atom. The summed E-state index contributed by atoms with van der Waals surface area (Å²) in [6.07, 6.45) is 3.98. The van der Waals surface area contributed by atoms with Crippen molar-refractivity contribution in [3.63, 3.8) is 0 Å². The van der Waals surface area contributed by atoms with Gasteiger partial charge in [-0.1, -0.05) is 12.1 Å². The van der Waals surface area contributed by atoms with E-state index in [2.05, 4.69) is 27.8 Å². The molecule has 0 unspecified atom stereocenters. The van der Waals surface area contributed by atoms with Crippen LogP contribution in [0.4, 0.5) is 5.69 Å². The van der Waals surface area contributed by atoms with E-state index in [0.29, 0.717) is 5.75 Å². The fourth-order valence-electron chi connectivity index (χ4n) is 1.51. The number of thiocarbonyl (C=S) groups is 1. The molecule has 0 spiro atoms. The molecule has 1 aromatic carbocycles. The molecule has 0 atom stereocenters. The number of nitrogens with zero attached hydrogens (tertiary/aromatic N) is 4. The second kappa shape index (κ2) is 7.13. The van der Waals surface area contributed by atoms with Crippen LogP contribution in [0.1, 0.15) is 5.56 Å². The highest BCUT2D eigenvalue weighted by molar-refractivity contribution is 7.80. The van der Waals surface area contributed by atoms with Crippen molar-refractivity contribution in [2.24, 2.45) is 10.8 Å². The van der Waals surface area contributed by atoms with Crippen LogP contribution >= 0.6 is 12.2 Å². The van der Waals surface area contributed by atoms with Crippen LogP contribution in [0.3, 0.4) is 0 Å². The van der Waals surface area contributed by atoms with Crippen molar-refractivity contribution in [2.45, 2.75) is 6.73 Å². The Hall–Kier alpha value is -3.01. The van der Waals surface area contributed by atoms with Gasteiger partial charge in [0, 0.05) is 0 Å². The van der Waals surface area contributed by atoms with E-state index >= 15 is 0 Å². The number of hydrazone groups is 1. The molecule has 114 valence electrons. The summed E-state index contributed by atoms with van der Waals surface area (Å²) in [7, 11) is 0. The van der Waals surface area contributed by atoms with Crippen LogP contribution in [-0.4, -0.2) is 26.0 Å². The zero-order valence-corrected chi connectivity index (χ0v) is 12.1. The molecule has 9 nitrogen and oxygen atoms in total. The number of nitrogens with two attached hydrogens (primary N) is 1. The van der Waals surface area contributed by atoms with Crippen molar-refractivity contribution >= 4 is 29.2 Å². The lowest BCUT2D eigenvalue weighted by atomic mass is 10.2. The fourth-order valence-corrected chi connectivity index (χ4v) is 1.57. The first-order valence-corrected chi connectivity index (χ1v) is 6.43. The quantitative estimate of drug-likeness (QED) is 0.352. The molecule has 1 heterocycles. The van der Waals surface area contributed by atoms with Gasteiger partial charge in [0.25, 0.3) is 0 Å². The minimum Gasteiger partial charge on any atom is -0.471 e. The first-order valence-electron chi connectivity index (χ1n) is 6.03. The zero-order valence-electron chi connectivity index (χ0n) is 11.2. The van der Waals surface area contributed by atoms with E-state index < -0.39 is 4.92 Å². The normalized spacial score (nSPS) is 10.5. The Bertz CT molecular complexity index is 714. The van der Waals surface area contributed by atoms with Crippen LogP contribution < -0.4 is 15.9 Å². The number of hydrogen-bond acceptors (Lipinski definition) is 6. The highest BCUT2D eigenvalue weighted by atomic mass is 32.1. The molecule has 10 heteroatoms. The molecular weight excluding hydrogens is 308 g/mol. The number of benzene rings is 1. The number of rotatable bonds is 6. The van der Waals surface area contributed by atoms with Crippen molar-refractivity contribution in [1.29, 1.82) is 0 Å². The Morgan fingerprint density at radius 1 is 1.64 bits per heavy atom. The van der Waals surface area contributed by atoms with Crippen LogP contribution in [0, 0.1) is 10.1 Å². The zero-order chi connectivity index (χ0) is 15.9. The monoisotopic (exact) mass is 320 g/mol. The standard InChI is InChI=1S/C12H12N6O3S/c13-12(22)16-14-5-9-2-1-3-11(4-9)21-8-17-7-10(6-15-17)18(19)20/h1-7H,8H2,(H3,13,16,22). The molecule has 0 aliphatic heterocycles. The van der Waals surface area contributed by atoms with Crippen molar-refractivity contribution in [2.75, 3.05) is 0 Å². The summed E-state index contributed by atoms with van der Waals surface area (Å²) >= 11 is 4.62. The van der Waals surface area contributed by atoms with Crippen LogP contribution in [0.2, 0.25) is 0 Å². The molecule has 0 fully saturated rings. The summed E-state index contributed by atoms with van der Waals surface area (Å²) in [4.78, 5) is 10.0. The molecule has 2 aromatic rings. The Kier molecular flexibility index (Phi) is 4.98. The molecule has 0 saturated heterocycles. The Balaban J connectivity index is 1.96. The largest absolute Gasteiger partial charge is 0.471 e. The third-order valence-corrected chi connectivity index (χ3v) is 2.53. The van der Waals surface area contributed by atoms with Gasteiger partial charge in [0.1, 0.15) is 18.1 Å². The summed E-state index contributed by atoms with van der Waals surface area (Å²) < 4.78 is 6.83. The van der Waals surface area contributed by atoms with Gasteiger partial charge in [0.15, 0.2) is 11.8 Å². The van der Waals surface area contributed by atoms with Gasteiger partial charge in [-0.05, 0) is 29.9 Å². The summed E-state index contributed by atoms with van der Waals surface area (Å²) in [6, 6.07) is 7.08. The van der Waals surface area contributed by atoms with E-state index in [-0.39, 0.29) is 17.5 Å². The van der Waals surface area contributed by atoms with Crippen molar-refractivity contribution in [3.8, 4) is 5.75 Å². The van der Waals surface area contributed by atoms with Gasteiger partial charge in [0.05, 0.1) is 11.1 Å². The van der Waals surface area contributed by atoms with Gasteiger partial charge >= 0.3 is 5.69 Å². The molecule has 2 rings (SSSR count). The highest BCUT2D eigenvalue weighted by Gasteiger charge is 2.08. The molecule has 0 amide bonds. The van der Waals surface area contributed by atoms with Crippen molar-refractivity contribution in [1.82, 2.24) is 15.2 Å². The highest BCUT2D eigenvalue weighted by Crippen LogP contribution is 2.13. The minimum absolute atomic E-state index is 0.0551. The third-order valence-electron chi connectivity index (χ3n) is 2.44. The Labute approximate surface area is 130 Å². The molecule has 0 saturated carbocycles. The van der Waals surface area contributed by atoms with Gasteiger partial charge in [-0.25, -0.2) is 4.68 Å².